The van der Waals surface area contributed by atoms with E-state index in [2.05, 4.69) is 111 Å². The Labute approximate surface area is 421 Å². The van der Waals surface area contributed by atoms with Gasteiger partial charge in [-0.1, -0.05) is 214 Å². The summed E-state index contributed by atoms with van der Waals surface area (Å²) in [6.07, 6.45) is 70.3. The second-order valence-electron chi connectivity index (χ2n) is 18.0. The largest absolute Gasteiger partial charge is 0.480 e. The normalized spacial score (nSPS) is 14.4. The third kappa shape index (κ3) is 52.5. The first-order valence-corrected chi connectivity index (χ1v) is 28.8. The number of carboxylic acid groups (broad SMARTS) is 1. The molecule has 0 spiro atoms. The van der Waals surface area contributed by atoms with Gasteiger partial charge in [0.1, 0.15) is 12.1 Å². The zero-order valence-corrected chi connectivity index (χ0v) is 44.5. The van der Waals surface area contributed by atoms with Crippen LogP contribution < -0.4 is 5.73 Å². The fourth-order valence-electron chi connectivity index (χ4n) is 7.17. The van der Waals surface area contributed by atoms with Gasteiger partial charge < -0.3 is 25.2 Å². The van der Waals surface area contributed by atoms with Crippen LogP contribution in [0.1, 0.15) is 219 Å². The Hall–Kier alpha value is -3.11. The van der Waals surface area contributed by atoms with Crippen molar-refractivity contribution in [2.45, 2.75) is 231 Å². The summed E-state index contributed by atoms with van der Waals surface area (Å²) in [5.41, 5.74) is 5.38. The minimum absolute atomic E-state index is 0.00231. The van der Waals surface area contributed by atoms with Crippen LogP contribution in [-0.4, -0.2) is 60.5 Å². The summed E-state index contributed by atoms with van der Waals surface area (Å²) in [6, 6.07) is -1.48. The highest BCUT2D eigenvalue weighted by molar-refractivity contribution is 7.47. The Morgan fingerprint density at radius 3 is 1.26 bits per heavy atom. The van der Waals surface area contributed by atoms with Crippen molar-refractivity contribution in [2.24, 2.45) is 5.73 Å². The molecule has 10 nitrogen and oxygen atoms in total. The summed E-state index contributed by atoms with van der Waals surface area (Å²) >= 11 is 0. The molecule has 396 valence electrons. The molecule has 69 heavy (non-hydrogen) atoms. The topological polar surface area (TPSA) is 155 Å². The number of unbranched alkanes of at least 4 members (excludes halogenated alkanes) is 21. The highest BCUT2D eigenvalue weighted by Crippen LogP contribution is 2.43. The number of aliphatic carboxylic acids is 1. The van der Waals surface area contributed by atoms with E-state index in [1.807, 2.05) is 0 Å². The molecule has 0 bridgehead atoms. The maximum absolute atomic E-state index is 12.7. The second kappa shape index (κ2) is 52.7. The van der Waals surface area contributed by atoms with Gasteiger partial charge in [0.25, 0.3) is 0 Å². The molecule has 11 heteroatoms. The molecule has 0 aromatic heterocycles. The first-order valence-electron chi connectivity index (χ1n) is 27.3. The number of carbonyl (C=O) groups excluding carboxylic acids is 1. The van der Waals surface area contributed by atoms with Gasteiger partial charge >= 0.3 is 19.8 Å². The van der Waals surface area contributed by atoms with Crippen LogP contribution in [-0.2, 0) is 32.7 Å². The molecule has 0 saturated heterocycles. The van der Waals surface area contributed by atoms with Crippen LogP contribution in [0.5, 0.6) is 0 Å². The van der Waals surface area contributed by atoms with E-state index in [0.717, 1.165) is 96.3 Å². The lowest BCUT2D eigenvalue weighted by Crippen LogP contribution is -2.34. The van der Waals surface area contributed by atoms with Crippen molar-refractivity contribution in [1.29, 1.82) is 0 Å². The number of carboxylic acids is 1. The van der Waals surface area contributed by atoms with Gasteiger partial charge in [-0.3, -0.25) is 18.6 Å². The average molecular weight is 986 g/mol. The molecule has 3 unspecified atom stereocenters. The van der Waals surface area contributed by atoms with Crippen LogP contribution >= 0.6 is 7.82 Å². The van der Waals surface area contributed by atoms with Crippen LogP contribution in [0.25, 0.3) is 0 Å². The summed E-state index contributed by atoms with van der Waals surface area (Å²) in [6.45, 7) is 3.73. The first-order chi connectivity index (χ1) is 33.7. The number of phosphoric acid groups is 1. The van der Waals surface area contributed by atoms with Gasteiger partial charge in [-0.15, -0.1) is 0 Å². The van der Waals surface area contributed by atoms with Crippen molar-refractivity contribution >= 4 is 19.8 Å². The van der Waals surface area contributed by atoms with E-state index in [9.17, 15) is 19.0 Å². The van der Waals surface area contributed by atoms with Crippen molar-refractivity contribution in [1.82, 2.24) is 0 Å². The van der Waals surface area contributed by atoms with E-state index in [0.29, 0.717) is 13.0 Å². The van der Waals surface area contributed by atoms with Crippen LogP contribution in [0.3, 0.4) is 0 Å². The van der Waals surface area contributed by atoms with E-state index in [-0.39, 0.29) is 13.0 Å². The minimum Gasteiger partial charge on any atom is -0.480 e. The lowest BCUT2D eigenvalue weighted by atomic mass is 10.1. The molecule has 0 aliphatic rings. The number of hydrogen-bond donors (Lipinski definition) is 3. The Bertz CT molecular complexity index is 1470. The molecule has 0 aromatic carbocycles. The van der Waals surface area contributed by atoms with E-state index in [1.54, 1.807) is 0 Å². The predicted octanol–water partition coefficient (Wildman–Crippen LogP) is 16.4. The summed E-state index contributed by atoms with van der Waals surface area (Å²) in [4.78, 5) is 33.8. The molecular weight excluding hydrogens is 886 g/mol. The quantitative estimate of drug-likeness (QED) is 0.0232. The molecule has 0 amide bonds. The zero-order chi connectivity index (χ0) is 50.4. The van der Waals surface area contributed by atoms with Gasteiger partial charge in [-0.05, 0) is 96.3 Å². The average Bonchev–Trinajstić information content (AvgIpc) is 3.33. The number of phosphoric ester groups is 1. The van der Waals surface area contributed by atoms with Crippen molar-refractivity contribution in [3.63, 3.8) is 0 Å². The number of carbonyl (C=O) groups is 2. The van der Waals surface area contributed by atoms with Crippen LogP contribution in [0.2, 0.25) is 0 Å². The molecule has 0 heterocycles. The van der Waals surface area contributed by atoms with Crippen molar-refractivity contribution in [2.75, 3.05) is 26.4 Å². The Balaban J connectivity index is 4.17. The molecule has 3 atom stereocenters. The fraction of sp³-hybridized carbons (Fsp3) is 0.690. The molecule has 0 aliphatic carbocycles. The lowest BCUT2D eigenvalue weighted by molar-refractivity contribution is -0.154. The van der Waals surface area contributed by atoms with Gasteiger partial charge in [0.2, 0.25) is 0 Å². The van der Waals surface area contributed by atoms with Crippen molar-refractivity contribution in [3.8, 4) is 0 Å². The molecule has 0 rings (SSSR count). The second-order valence-corrected chi connectivity index (χ2v) is 19.4. The summed E-state index contributed by atoms with van der Waals surface area (Å²) in [5.74, 6) is -1.79. The number of nitrogens with two attached hydrogens (primary N) is 1. The first kappa shape index (κ1) is 65.9. The van der Waals surface area contributed by atoms with E-state index >= 15 is 0 Å². The van der Waals surface area contributed by atoms with Crippen molar-refractivity contribution < 1.29 is 42.7 Å². The molecule has 4 N–H and O–H groups in total. The van der Waals surface area contributed by atoms with Crippen LogP contribution in [0.15, 0.2) is 97.2 Å². The molecule has 0 radical (unpaired) electrons. The number of hydrogen-bond acceptors (Lipinski definition) is 8. The summed E-state index contributed by atoms with van der Waals surface area (Å²) < 4.78 is 33.6. The van der Waals surface area contributed by atoms with Crippen LogP contribution in [0.4, 0.5) is 0 Å². The van der Waals surface area contributed by atoms with Gasteiger partial charge in [-0.2, -0.15) is 0 Å². The third-order valence-electron chi connectivity index (χ3n) is 11.3. The van der Waals surface area contributed by atoms with Crippen molar-refractivity contribution in [3.05, 3.63) is 97.2 Å². The van der Waals surface area contributed by atoms with E-state index in [4.69, 9.17) is 29.4 Å². The highest BCUT2D eigenvalue weighted by atomic mass is 31.2. The maximum atomic E-state index is 12.7. The van der Waals surface area contributed by atoms with E-state index < -0.39 is 45.1 Å². The molecule has 0 aliphatic heterocycles. The predicted molar refractivity (Wildman–Crippen MR) is 290 cm³/mol. The lowest BCUT2D eigenvalue weighted by Gasteiger charge is -2.20. The third-order valence-corrected chi connectivity index (χ3v) is 12.3. The Morgan fingerprint density at radius 1 is 0.478 bits per heavy atom. The minimum atomic E-state index is -4.64. The molecule has 0 saturated carbocycles. The van der Waals surface area contributed by atoms with E-state index in [1.165, 1.54) is 96.3 Å². The number of esters is 1. The molecule has 0 aromatic rings. The smallest absolute Gasteiger partial charge is 0.472 e. The number of rotatable bonds is 51. The monoisotopic (exact) mass is 986 g/mol. The maximum Gasteiger partial charge on any atom is 0.472 e. The van der Waals surface area contributed by atoms with Gasteiger partial charge in [-0.25, -0.2) is 4.57 Å². The Kier molecular flexibility index (Phi) is 50.3. The SMILES string of the molecule is CC/C=C\C/C=C\C/C=C\C/C=C\C/C=C\CCCCCCCCCCOCC(COP(=O)(O)OCC(N)C(=O)O)OC(=O)CCCCCCCCCC/C=C\C/C=C\C/C=C\CCCCCCC. The zero-order valence-electron chi connectivity index (χ0n) is 43.6. The van der Waals surface area contributed by atoms with Gasteiger partial charge in [0.05, 0.1) is 19.8 Å². The fourth-order valence-corrected chi connectivity index (χ4v) is 7.95. The van der Waals surface area contributed by atoms with Gasteiger partial charge in [0.15, 0.2) is 0 Å². The van der Waals surface area contributed by atoms with Crippen LogP contribution in [0, 0.1) is 0 Å². The van der Waals surface area contributed by atoms with Gasteiger partial charge in [0, 0.05) is 13.0 Å². The summed E-state index contributed by atoms with van der Waals surface area (Å²) in [5, 5.41) is 8.95. The highest BCUT2D eigenvalue weighted by Gasteiger charge is 2.27. The molecular formula is C58H100NO9P. The standard InChI is InChI=1S/C58H100NO9P/c1-3-5-7-9-11-13-15-17-19-21-23-25-27-29-31-33-35-37-39-41-43-45-47-49-51-65-52-55(53-66-69(63,64)67-54-56(59)58(61)62)68-57(60)50-48-46-44-42-40-38-36-34-32-30-28-26-24-22-20-18-16-14-12-10-8-6-4-2/h5,7,11,13,16-19,22-25,28-31,55-56H,3-4,6,8-10,12,14-15,20-21,26-27,32-54,59H2,1-2H3,(H,61,62)(H,63,64)/b7-5-,13-11-,18-16-,19-17-,24-22-,25-23-,30-28-,31-29-. The molecule has 0 fully saturated rings. The summed E-state index contributed by atoms with van der Waals surface area (Å²) in [7, 11) is -4.64. The number of ether oxygens (including phenoxy) is 2. The Morgan fingerprint density at radius 2 is 0.841 bits per heavy atom. The number of allylic oxidation sites excluding steroid dienone is 16.